The molecule has 0 atom stereocenters. The molecule has 0 saturated heterocycles. The van der Waals surface area contributed by atoms with E-state index in [1.54, 1.807) is 0 Å². The molecule has 0 fully saturated rings. The summed E-state index contributed by atoms with van der Waals surface area (Å²) in [7, 11) is 0. The molecule has 3 aromatic carbocycles. The maximum atomic E-state index is 3.42. The molecule has 0 aliphatic carbocycles. The third-order valence-electron chi connectivity index (χ3n) is 4.82. The van der Waals surface area contributed by atoms with Crippen molar-refractivity contribution in [2.75, 3.05) is 5.32 Å². The highest BCUT2D eigenvalue weighted by Gasteiger charge is 2.19. The zero-order valence-corrected chi connectivity index (χ0v) is 15.0. The average molecular weight is 325 g/mol. The van der Waals surface area contributed by atoms with Gasteiger partial charge in [0.15, 0.2) is 0 Å². The van der Waals surface area contributed by atoms with E-state index in [9.17, 15) is 0 Å². The van der Waals surface area contributed by atoms with Gasteiger partial charge >= 0.3 is 0 Å². The molecule has 0 saturated carbocycles. The predicted octanol–water partition coefficient (Wildman–Crippen LogP) is 6.71. The van der Waals surface area contributed by atoms with Gasteiger partial charge in [0.1, 0.15) is 0 Å². The van der Waals surface area contributed by atoms with Gasteiger partial charge in [0.05, 0.1) is 0 Å². The molecule has 0 unspecified atom stereocenters. The van der Waals surface area contributed by atoms with E-state index in [-0.39, 0.29) is 5.41 Å². The van der Waals surface area contributed by atoms with Gasteiger partial charge < -0.3 is 5.32 Å². The molecule has 1 aliphatic rings. The summed E-state index contributed by atoms with van der Waals surface area (Å²) in [6.45, 7) is 6.82. The highest BCUT2D eigenvalue weighted by atomic mass is 14.8. The van der Waals surface area contributed by atoms with E-state index in [0.717, 1.165) is 5.69 Å². The van der Waals surface area contributed by atoms with Crippen molar-refractivity contribution in [2.45, 2.75) is 26.2 Å². The summed E-state index contributed by atoms with van der Waals surface area (Å²) in [5.41, 5.74) is 8.99. The molecule has 3 aromatic rings. The van der Waals surface area contributed by atoms with E-state index in [1.807, 2.05) is 6.20 Å². The maximum Gasteiger partial charge on any atom is 0.0460 e. The van der Waals surface area contributed by atoms with E-state index in [2.05, 4.69) is 98.9 Å². The largest absolute Gasteiger partial charge is 0.361 e. The van der Waals surface area contributed by atoms with Gasteiger partial charge in [0.25, 0.3) is 0 Å². The van der Waals surface area contributed by atoms with E-state index < -0.39 is 0 Å². The number of hydrogen-bond donors (Lipinski definition) is 1. The maximum absolute atomic E-state index is 3.42. The van der Waals surface area contributed by atoms with Crippen molar-refractivity contribution in [3.05, 3.63) is 84.1 Å². The summed E-state index contributed by atoms with van der Waals surface area (Å²) >= 11 is 0. The Labute approximate surface area is 150 Å². The van der Waals surface area contributed by atoms with E-state index in [0.29, 0.717) is 0 Å². The van der Waals surface area contributed by atoms with Gasteiger partial charge in [-0.25, -0.2) is 0 Å². The van der Waals surface area contributed by atoms with Crippen molar-refractivity contribution in [2.24, 2.45) is 0 Å². The van der Waals surface area contributed by atoms with Crippen molar-refractivity contribution in [3.63, 3.8) is 0 Å². The van der Waals surface area contributed by atoms with Gasteiger partial charge in [-0.3, -0.25) is 0 Å². The molecule has 0 spiro atoms. The van der Waals surface area contributed by atoms with Crippen LogP contribution in [0.15, 0.2) is 72.9 Å². The molecule has 1 nitrogen and oxygen atoms in total. The number of rotatable bonds is 1. The number of benzene rings is 3. The summed E-state index contributed by atoms with van der Waals surface area (Å²) in [5.74, 6) is 0. The van der Waals surface area contributed by atoms with Gasteiger partial charge in [-0.1, -0.05) is 75.4 Å². The number of fused-ring (bicyclic) bond motifs is 3. The Hall–Kier alpha value is -2.80. The van der Waals surface area contributed by atoms with E-state index in [1.165, 1.54) is 33.4 Å². The summed E-state index contributed by atoms with van der Waals surface area (Å²) in [4.78, 5) is 0. The number of anilines is 1. The second kappa shape index (κ2) is 5.93. The fourth-order valence-corrected chi connectivity index (χ4v) is 3.56. The smallest absolute Gasteiger partial charge is 0.0460 e. The molecular weight excluding hydrogens is 302 g/mol. The van der Waals surface area contributed by atoms with Gasteiger partial charge in [0, 0.05) is 17.5 Å². The van der Waals surface area contributed by atoms with Crippen molar-refractivity contribution in [1.82, 2.24) is 0 Å². The molecule has 0 radical (unpaired) electrons. The molecule has 25 heavy (non-hydrogen) atoms. The van der Waals surface area contributed by atoms with Crippen LogP contribution in [0.4, 0.5) is 5.69 Å². The fourth-order valence-electron chi connectivity index (χ4n) is 3.56. The Kier molecular flexibility index (Phi) is 3.73. The topological polar surface area (TPSA) is 12.0 Å². The first-order valence-corrected chi connectivity index (χ1v) is 8.80. The zero-order valence-electron chi connectivity index (χ0n) is 15.0. The van der Waals surface area contributed by atoms with Crippen LogP contribution in [0.25, 0.3) is 28.3 Å². The molecular formula is C24H23N. The Morgan fingerprint density at radius 2 is 1.44 bits per heavy atom. The monoisotopic (exact) mass is 325 g/mol. The van der Waals surface area contributed by atoms with Gasteiger partial charge in [0.2, 0.25) is 0 Å². The lowest BCUT2D eigenvalue weighted by molar-refractivity contribution is 0.592. The van der Waals surface area contributed by atoms with E-state index in [4.69, 9.17) is 0 Å². The molecule has 1 aliphatic heterocycles. The van der Waals surface area contributed by atoms with Crippen molar-refractivity contribution >= 4 is 11.8 Å². The first-order chi connectivity index (χ1) is 12.0. The van der Waals surface area contributed by atoms with Crippen molar-refractivity contribution in [1.29, 1.82) is 0 Å². The van der Waals surface area contributed by atoms with E-state index >= 15 is 0 Å². The van der Waals surface area contributed by atoms with Gasteiger partial charge in [-0.2, -0.15) is 0 Å². The minimum Gasteiger partial charge on any atom is -0.361 e. The lowest BCUT2D eigenvalue weighted by Crippen LogP contribution is -2.12. The molecule has 4 rings (SSSR count). The summed E-state index contributed by atoms with van der Waals surface area (Å²) in [6, 6.07) is 24.0. The summed E-state index contributed by atoms with van der Waals surface area (Å²) < 4.78 is 0. The molecule has 0 bridgehead atoms. The minimum absolute atomic E-state index is 0.112. The van der Waals surface area contributed by atoms with Crippen LogP contribution in [-0.4, -0.2) is 0 Å². The number of nitrogens with one attached hydrogen (secondary N) is 1. The van der Waals surface area contributed by atoms with Crippen LogP contribution in [0.3, 0.4) is 0 Å². The Bertz CT molecular complexity index is 958. The SMILES string of the molecule is CC(C)(C)c1ccccc1-c1ccc2c(c1)-c1ccccc1C=CN2. The fraction of sp³-hybridized carbons (Fsp3) is 0.167. The lowest BCUT2D eigenvalue weighted by Gasteiger charge is -2.23. The number of hydrogen-bond acceptors (Lipinski definition) is 1. The van der Waals surface area contributed by atoms with Crippen LogP contribution in [0.2, 0.25) is 0 Å². The standard InChI is InChI=1S/C24H23N/c1-24(2,3)22-11-7-6-10-20(22)18-12-13-23-21(16-18)19-9-5-4-8-17(19)14-15-25-23/h4-16,25H,1-3H3. The normalized spacial score (nSPS) is 12.8. The van der Waals surface area contributed by atoms with Gasteiger partial charge in [-0.15, -0.1) is 0 Å². The van der Waals surface area contributed by atoms with Crippen LogP contribution in [0.5, 0.6) is 0 Å². The molecule has 1 N–H and O–H groups in total. The van der Waals surface area contributed by atoms with Crippen LogP contribution in [-0.2, 0) is 5.41 Å². The Morgan fingerprint density at radius 3 is 2.24 bits per heavy atom. The van der Waals surface area contributed by atoms with Crippen molar-refractivity contribution < 1.29 is 0 Å². The average Bonchev–Trinajstić information content (AvgIpc) is 2.80. The Morgan fingerprint density at radius 1 is 0.720 bits per heavy atom. The highest BCUT2D eigenvalue weighted by Crippen LogP contribution is 2.39. The van der Waals surface area contributed by atoms with Crippen LogP contribution in [0, 0.1) is 0 Å². The van der Waals surface area contributed by atoms with Crippen molar-refractivity contribution in [3.8, 4) is 22.3 Å². The van der Waals surface area contributed by atoms with Crippen LogP contribution in [0.1, 0.15) is 31.9 Å². The first kappa shape index (κ1) is 15.7. The van der Waals surface area contributed by atoms with Crippen LogP contribution < -0.4 is 5.32 Å². The highest BCUT2D eigenvalue weighted by molar-refractivity contribution is 5.90. The lowest BCUT2D eigenvalue weighted by atomic mass is 9.81. The summed E-state index contributed by atoms with van der Waals surface area (Å²) in [5, 5.41) is 3.42. The molecule has 1 heteroatoms. The quantitative estimate of drug-likeness (QED) is 0.524. The second-order valence-electron chi connectivity index (χ2n) is 7.62. The molecule has 0 aromatic heterocycles. The third kappa shape index (κ3) is 2.87. The second-order valence-corrected chi connectivity index (χ2v) is 7.62. The first-order valence-electron chi connectivity index (χ1n) is 8.80. The zero-order chi connectivity index (χ0) is 17.4. The Balaban J connectivity index is 1.92. The third-order valence-corrected chi connectivity index (χ3v) is 4.82. The van der Waals surface area contributed by atoms with Crippen LogP contribution >= 0.6 is 0 Å². The molecule has 0 amide bonds. The molecule has 1 heterocycles. The summed E-state index contributed by atoms with van der Waals surface area (Å²) in [6.07, 6.45) is 4.16. The molecule has 124 valence electrons. The van der Waals surface area contributed by atoms with Gasteiger partial charge in [-0.05, 0) is 51.4 Å². The predicted molar refractivity (Wildman–Crippen MR) is 109 cm³/mol. The minimum atomic E-state index is 0.112.